The van der Waals surface area contributed by atoms with Crippen molar-refractivity contribution in [2.24, 2.45) is 5.92 Å². The molecule has 1 fully saturated rings. The third-order valence-electron chi connectivity index (χ3n) is 3.40. The average molecular weight is 296 g/mol. The van der Waals surface area contributed by atoms with Gasteiger partial charge in [0.25, 0.3) is 0 Å². The molecule has 0 spiro atoms. The minimum absolute atomic E-state index is 0.0811. The summed E-state index contributed by atoms with van der Waals surface area (Å²) < 4.78 is 5.01. The molecular formula is C14H20N2O3S. The zero-order valence-electron chi connectivity index (χ0n) is 12.0. The molecule has 20 heavy (non-hydrogen) atoms. The van der Waals surface area contributed by atoms with Gasteiger partial charge < -0.3 is 15.4 Å². The molecule has 0 aromatic carbocycles. The van der Waals surface area contributed by atoms with Crippen LogP contribution >= 0.6 is 11.3 Å². The van der Waals surface area contributed by atoms with E-state index in [1.807, 2.05) is 6.92 Å². The van der Waals surface area contributed by atoms with Crippen molar-refractivity contribution in [3.63, 3.8) is 0 Å². The van der Waals surface area contributed by atoms with Gasteiger partial charge in [-0.3, -0.25) is 4.79 Å². The molecule has 0 bridgehead atoms. The van der Waals surface area contributed by atoms with E-state index in [0.29, 0.717) is 23.1 Å². The SMILES string of the molecule is CCOC(=O)c1cc(C)sc1NC(=O)C1NCCC1C. The van der Waals surface area contributed by atoms with Gasteiger partial charge in [0, 0.05) is 4.88 Å². The lowest BCUT2D eigenvalue weighted by Crippen LogP contribution is -2.39. The Labute approximate surface area is 122 Å². The van der Waals surface area contributed by atoms with Crippen molar-refractivity contribution in [1.29, 1.82) is 0 Å². The number of esters is 1. The summed E-state index contributed by atoms with van der Waals surface area (Å²) in [4.78, 5) is 25.1. The molecule has 1 aliphatic heterocycles. The van der Waals surface area contributed by atoms with Crippen molar-refractivity contribution in [3.05, 3.63) is 16.5 Å². The van der Waals surface area contributed by atoms with Gasteiger partial charge in [0.05, 0.1) is 18.2 Å². The summed E-state index contributed by atoms with van der Waals surface area (Å²) in [5.74, 6) is -0.163. The molecule has 2 N–H and O–H groups in total. The largest absolute Gasteiger partial charge is 0.462 e. The maximum Gasteiger partial charge on any atom is 0.341 e. The van der Waals surface area contributed by atoms with Crippen molar-refractivity contribution in [2.45, 2.75) is 33.2 Å². The smallest absolute Gasteiger partial charge is 0.341 e. The first kappa shape index (κ1) is 15.0. The number of amides is 1. The van der Waals surface area contributed by atoms with E-state index in [9.17, 15) is 9.59 Å². The molecule has 0 saturated carbocycles. The van der Waals surface area contributed by atoms with Crippen LogP contribution in [0, 0.1) is 12.8 Å². The molecule has 2 heterocycles. The quantitative estimate of drug-likeness (QED) is 0.836. The van der Waals surface area contributed by atoms with Crippen LogP contribution in [-0.4, -0.2) is 31.1 Å². The highest BCUT2D eigenvalue weighted by Gasteiger charge is 2.30. The fourth-order valence-corrected chi connectivity index (χ4v) is 3.25. The highest BCUT2D eigenvalue weighted by Crippen LogP contribution is 2.29. The van der Waals surface area contributed by atoms with Crippen molar-refractivity contribution in [2.75, 3.05) is 18.5 Å². The second-order valence-corrected chi connectivity index (χ2v) is 6.26. The summed E-state index contributed by atoms with van der Waals surface area (Å²) in [6.45, 7) is 6.89. The predicted octanol–water partition coefficient (Wildman–Crippen LogP) is 2.17. The van der Waals surface area contributed by atoms with E-state index < -0.39 is 0 Å². The molecule has 1 aromatic rings. The first-order valence-electron chi connectivity index (χ1n) is 6.84. The van der Waals surface area contributed by atoms with Gasteiger partial charge in [0.15, 0.2) is 0 Å². The van der Waals surface area contributed by atoms with E-state index in [0.717, 1.165) is 17.8 Å². The summed E-state index contributed by atoms with van der Waals surface area (Å²) in [5, 5.41) is 6.62. The summed E-state index contributed by atoms with van der Waals surface area (Å²) in [7, 11) is 0. The molecule has 2 atom stereocenters. The van der Waals surface area contributed by atoms with Crippen molar-refractivity contribution in [1.82, 2.24) is 5.32 Å². The summed E-state index contributed by atoms with van der Waals surface area (Å²) in [5.41, 5.74) is 0.438. The maximum atomic E-state index is 12.2. The Morgan fingerprint density at radius 1 is 1.55 bits per heavy atom. The number of hydrogen-bond donors (Lipinski definition) is 2. The molecule has 110 valence electrons. The summed E-state index contributed by atoms with van der Waals surface area (Å²) in [6, 6.07) is 1.57. The van der Waals surface area contributed by atoms with Crippen molar-refractivity contribution >= 4 is 28.2 Å². The summed E-state index contributed by atoms with van der Waals surface area (Å²) >= 11 is 1.40. The topological polar surface area (TPSA) is 67.4 Å². The van der Waals surface area contributed by atoms with Crippen molar-refractivity contribution in [3.8, 4) is 0 Å². The Morgan fingerprint density at radius 2 is 2.30 bits per heavy atom. The van der Waals surface area contributed by atoms with Crippen LogP contribution in [-0.2, 0) is 9.53 Å². The van der Waals surface area contributed by atoms with E-state index in [1.54, 1.807) is 13.0 Å². The van der Waals surface area contributed by atoms with Crippen LogP contribution in [0.2, 0.25) is 0 Å². The number of hydrogen-bond acceptors (Lipinski definition) is 5. The summed E-state index contributed by atoms with van der Waals surface area (Å²) in [6.07, 6.45) is 0.992. The lowest BCUT2D eigenvalue weighted by atomic mass is 10.0. The third-order valence-corrected chi connectivity index (χ3v) is 4.37. The Bertz CT molecular complexity index is 513. The standard InChI is InChI=1S/C14H20N2O3S/c1-4-19-14(18)10-7-9(3)20-13(10)16-12(17)11-8(2)5-6-15-11/h7-8,11,15H,4-6H2,1-3H3,(H,16,17). The van der Waals surface area contributed by atoms with Gasteiger partial charge in [-0.15, -0.1) is 11.3 Å². The maximum absolute atomic E-state index is 12.2. The third kappa shape index (κ3) is 3.19. The fourth-order valence-electron chi connectivity index (χ4n) is 2.34. The zero-order valence-corrected chi connectivity index (χ0v) is 12.8. The minimum atomic E-state index is -0.389. The van der Waals surface area contributed by atoms with Crippen molar-refractivity contribution < 1.29 is 14.3 Å². The molecule has 2 rings (SSSR count). The van der Waals surface area contributed by atoms with Gasteiger partial charge in [-0.1, -0.05) is 6.92 Å². The van der Waals surface area contributed by atoms with E-state index in [1.165, 1.54) is 11.3 Å². The Balaban J connectivity index is 2.12. The highest BCUT2D eigenvalue weighted by atomic mass is 32.1. The van der Waals surface area contributed by atoms with Crippen LogP contribution in [0.5, 0.6) is 0 Å². The number of carbonyl (C=O) groups excluding carboxylic acids is 2. The van der Waals surface area contributed by atoms with Gasteiger partial charge in [-0.05, 0) is 38.8 Å². The van der Waals surface area contributed by atoms with Gasteiger partial charge in [-0.25, -0.2) is 4.79 Å². The number of aryl methyl sites for hydroxylation is 1. The van der Waals surface area contributed by atoms with Crippen LogP contribution in [0.3, 0.4) is 0 Å². The van der Waals surface area contributed by atoms with Crippen LogP contribution in [0.15, 0.2) is 6.07 Å². The molecule has 2 unspecified atom stereocenters. The number of rotatable bonds is 4. The van der Waals surface area contributed by atoms with Gasteiger partial charge in [0.2, 0.25) is 5.91 Å². The van der Waals surface area contributed by atoms with E-state index in [4.69, 9.17) is 4.74 Å². The Hall–Kier alpha value is -1.40. The molecular weight excluding hydrogens is 276 g/mol. The molecule has 1 aromatic heterocycles. The number of nitrogens with one attached hydrogen (secondary N) is 2. The van der Waals surface area contributed by atoms with Crippen LogP contribution < -0.4 is 10.6 Å². The van der Waals surface area contributed by atoms with E-state index in [2.05, 4.69) is 17.6 Å². The van der Waals surface area contributed by atoms with Crippen LogP contribution in [0.25, 0.3) is 0 Å². The average Bonchev–Trinajstić information content (AvgIpc) is 2.96. The fraction of sp³-hybridized carbons (Fsp3) is 0.571. The Kier molecular flexibility index (Phi) is 4.77. The highest BCUT2D eigenvalue weighted by molar-refractivity contribution is 7.16. The molecule has 1 aliphatic rings. The number of ether oxygens (including phenoxy) is 1. The zero-order chi connectivity index (χ0) is 14.7. The van der Waals surface area contributed by atoms with Crippen LogP contribution in [0.4, 0.5) is 5.00 Å². The molecule has 6 heteroatoms. The molecule has 0 aliphatic carbocycles. The van der Waals surface area contributed by atoms with Gasteiger partial charge >= 0.3 is 5.97 Å². The molecule has 5 nitrogen and oxygen atoms in total. The molecule has 1 saturated heterocycles. The van der Waals surface area contributed by atoms with Gasteiger partial charge in [-0.2, -0.15) is 0 Å². The second kappa shape index (κ2) is 6.37. The minimum Gasteiger partial charge on any atom is -0.462 e. The normalized spacial score (nSPS) is 21.8. The molecule has 0 radical (unpaired) electrons. The predicted molar refractivity (Wildman–Crippen MR) is 79.2 cm³/mol. The lowest BCUT2D eigenvalue weighted by Gasteiger charge is -2.15. The first-order chi connectivity index (χ1) is 9.52. The molecule has 1 amide bonds. The Morgan fingerprint density at radius 3 is 2.90 bits per heavy atom. The monoisotopic (exact) mass is 296 g/mol. The lowest BCUT2D eigenvalue weighted by molar-refractivity contribution is -0.118. The second-order valence-electron chi connectivity index (χ2n) is 5.01. The van der Waals surface area contributed by atoms with Crippen LogP contribution in [0.1, 0.15) is 35.5 Å². The van der Waals surface area contributed by atoms with E-state index in [-0.39, 0.29) is 17.9 Å². The number of carbonyl (C=O) groups is 2. The number of anilines is 1. The van der Waals surface area contributed by atoms with Gasteiger partial charge in [0.1, 0.15) is 5.00 Å². The first-order valence-corrected chi connectivity index (χ1v) is 7.66. The number of thiophene rings is 1. The van der Waals surface area contributed by atoms with E-state index >= 15 is 0 Å².